The van der Waals surface area contributed by atoms with Gasteiger partial charge in [0.15, 0.2) is 0 Å². The van der Waals surface area contributed by atoms with Gasteiger partial charge in [-0.3, -0.25) is 0 Å². The molecular formula is C92H158BaO6S2. The second-order valence-corrected chi connectivity index (χ2v) is 34.1. The van der Waals surface area contributed by atoms with Crippen LogP contribution >= 0.6 is 0 Å². The third-order valence-electron chi connectivity index (χ3n) is 21.9. The smallest absolute Gasteiger partial charge is 0.744 e. The molecule has 0 aliphatic rings. The minimum atomic E-state index is -4.50. The molecular weight excluding hydrogens is 1400 g/mol. The summed E-state index contributed by atoms with van der Waals surface area (Å²) in [5.41, 5.74) is 3.87. The fraction of sp³-hybridized carbons (Fsp3) is 0.783. The molecule has 0 unspecified atom stereocenters. The van der Waals surface area contributed by atoms with Crippen LogP contribution in [0.1, 0.15) is 461 Å². The monoisotopic (exact) mass is 1560 g/mol. The normalized spacial score (nSPS) is 11.9. The van der Waals surface area contributed by atoms with Gasteiger partial charge in [0.1, 0.15) is 20.2 Å². The van der Waals surface area contributed by atoms with Gasteiger partial charge in [-0.1, -0.05) is 449 Å². The van der Waals surface area contributed by atoms with Crippen molar-refractivity contribution < 1.29 is 25.9 Å². The molecule has 0 radical (unpaired) electrons. The van der Waals surface area contributed by atoms with Crippen molar-refractivity contribution in [3.63, 3.8) is 0 Å². The zero-order valence-corrected chi connectivity index (χ0v) is 72.9. The quantitative estimate of drug-likeness (QED) is 0.0247. The van der Waals surface area contributed by atoms with Crippen LogP contribution < -0.4 is 0 Å². The van der Waals surface area contributed by atoms with E-state index in [1.165, 1.54) is 384 Å². The van der Waals surface area contributed by atoms with E-state index in [1.54, 1.807) is 12.1 Å². The molecule has 101 heavy (non-hydrogen) atoms. The molecule has 0 N–H and O–H groups in total. The maximum absolute atomic E-state index is 12.2. The van der Waals surface area contributed by atoms with Crippen molar-refractivity contribution in [2.75, 3.05) is 0 Å². The molecule has 0 heterocycles. The molecule has 0 saturated heterocycles. The van der Waals surface area contributed by atoms with Crippen LogP contribution in [0, 0.1) is 0 Å². The Balaban J connectivity index is 0.000000680. The predicted molar refractivity (Wildman–Crippen MR) is 443 cm³/mol. The molecule has 0 saturated carbocycles. The fourth-order valence-corrected chi connectivity index (χ4v) is 16.9. The van der Waals surface area contributed by atoms with Crippen LogP contribution in [0.25, 0.3) is 21.5 Å². The van der Waals surface area contributed by atoms with Crippen molar-refractivity contribution in [2.24, 2.45) is 0 Å². The van der Waals surface area contributed by atoms with Gasteiger partial charge >= 0.3 is 48.9 Å². The van der Waals surface area contributed by atoms with E-state index in [2.05, 4.69) is 64.1 Å². The van der Waals surface area contributed by atoms with Crippen molar-refractivity contribution in [3.8, 4) is 0 Å². The third kappa shape index (κ3) is 52.5. The van der Waals surface area contributed by atoms with Crippen LogP contribution in [0.15, 0.2) is 70.5 Å². The summed E-state index contributed by atoms with van der Waals surface area (Å²) in [7, 11) is -9.01. The van der Waals surface area contributed by atoms with Gasteiger partial charge in [-0.25, -0.2) is 16.8 Å². The molecule has 0 aromatic heterocycles. The van der Waals surface area contributed by atoms with Gasteiger partial charge in [0.25, 0.3) is 0 Å². The van der Waals surface area contributed by atoms with Gasteiger partial charge in [-0.15, -0.1) is 0 Å². The van der Waals surface area contributed by atoms with Crippen LogP contribution in [0.4, 0.5) is 0 Å². The number of benzene rings is 4. The Hall–Kier alpha value is -1.21. The standard InChI is InChI=1S/2C46H80O3S.Ba/c2*1-3-5-7-9-11-13-15-17-19-21-23-25-27-29-31-33-35-42-37-38-43-40-44(46(50(47,48)49)41-45(43)39-42)36-34-32-30-28-26-24-22-20-18-16-14-12-10-8-6-4-2;/h2*37-41H,3-36H2,1-2H3,(H,47,48,49);/q;;+2/p-2. The first-order chi connectivity index (χ1) is 48.9. The molecule has 9 heteroatoms. The molecule has 0 amide bonds. The largest absolute Gasteiger partial charge is 2.00 e. The minimum Gasteiger partial charge on any atom is -0.744 e. The molecule has 576 valence electrons. The SMILES string of the molecule is CCCCCCCCCCCCCCCCCCc1ccc2cc(CCCCCCCCCCCCCCCCCC)c(S(=O)(=O)[O-])cc2c1.CCCCCCCCCCCCCCCCCCc1ccc2cc(CCCCCCCCCCCCCCCCCC)c(S(=O)(=O)[O-])cc2c1.[Ba+2]. The summed E-state index contributed by atoms with van der Waals surface area (Å²) in [6, 6.07) is 20.1. The van der Waals surface area contributed by atoms with Crippen LogP contribution in [0.3, 0.4) is 0 Å². The van der Waals surface area contributed by atoms with Crippen molar-refractivity contribution in [1.29, 1.82) is 0 Å². The first-order valence-electron chi connectivity index (χ1n) is 43.9. The molecule has 0 spiro atoms. The minimum absolute atomic E-state index is 0. The van der Waals surface area contributed by atoms with E-state index in [-0.39, 0.29) is 58.7 Å². The number of aryl methyl sites for hydroxylation is 4. The van der Waals surface area contributed by atoms with Gasteiger partial charge in [0.2, 0.25) is 0 Å². The Morgan fingerprint density at radius 1 is 0.208 bits per heavy atom. The summed E-state index contributed by atoms with van der Waals surface area (Å²) in [5.74, 6) is 0. The third-order valence-corrected chi connectivity index (χ3v) is 23.8. The Morgan fingerprint density at radius 3 is 0.554 bits per heavy atom. The second kappa shape index (κ2) is 67.0. The van der Waals surface area contributed by atoms with Gasteiger partial charge in [0, 0.05) is 0 Å². The first-order valence-corrected chi connectivity index (χ1v) is 46.8. The number of rotatable bonds is 70. The molecule has 0 fully saturated rings. The van der Waals surface area contributed by atoms with Crippen molar-refractivity contribution in [1.82, 2.24) is 0 Å². The Morgan fingerprint density at radius 2 is 0.376 bits per heavy atom. The molecule has 4 aromatic carbocycles. The topological polar surface area (TPSA) is 114 Å². The molecule has 0 atom stereocenters. The van der Waals surface area contributed by atoms with Gasteiger partial charge in [-0.2, -0.15) is 0 Å². The van der Waals surface area contributed by atoms with Crippen LogP contribution in [0.5, 0.6) is 0 Å². The van der Waals surface area contributed by atoms with E-state index >= 15 is 0 Å². The average molecular weight is 1560 g/mol. The van der Waals surface area contributed by atoms with Crippen molar-refractivity contribution in [2.45, 2.75) is 474 Å². The molecule has 4 rings (SSSR count). The van der Waals surface area contributed by atoms with E-state index in [0.29, 0.717) is 24.0 Å². The number of fused-ring (bicyclic) bond motifs is 2. The molecule has 6 nitrogen and oxygen atoms in total. The van der Waals surface area contributed by atoms with E-state index in [9.17, 15) is 25.9 Å². The predicted octanol–water partition coefficient (Wildman–Crippen LogP) is 30.3. The zero-order valence-electron chi connectivity index (χ0n) is 66.8. The van der Waals surface area contributed by atoms with Crippen LogP contribution in [0.2, 0.25) is 0 Å². The van der Waals surface area contributed by atoms with Gasteiger partial charge < -0.3 is 9.11 Å². The maximum atomic E-state index is 12.2. The average Bonchev–Trinajstić information content (AvgIpc) is 0.798. The van der Waals surface area contributed by atoms with E-state index in [1.807, 2.05) is 12.1 Å². The Bertz CT molecular complexity index is 2570. The number of hydrogen-bond donors (Lipinski definition) is 0. The van der Waals surface area contributed by atoms with E-state index < -0.39 is 20.2 Å². The summed E-state index contributed by atoms with van der Waals surface area (Å²) in [6.45, 7) is 9.13. The summed E-state index contributed by atoms with van der Waals surface area (Å²) in [4.78, 5) is -0.0176. The summed E-state index contributed by atoms with van der Waals surface area (Å²) < 4.78 is 73.4. The van der Waals surface area contributed by atoms with E-state index in [0.717, 1.165) is 72.9 Å². The Kier molecular flexibility index (Phi) is 63.5. The second-order valence-electron chi connectivity index (χ2n) is 31.4. The Labute approximate surface area is 667 Å². The maximum Gasteiger partial charge on any atom is 2.00 e. The molecule has 0 aliphatic carbocycles. The molecule has 4 aromatic rings. The van der Waals surface area contributed by atoms with E-state index in [4.69, 9.17) is 0 Å². The van der Waals surface area contributed by atoms with Crippen LogP contribution in [-0.2, 0) is 45.9 Å². The molecule has 0 aliphatic heterocycles. The summed E-state index contributed by atoms with van der Waals surface area (Å²) in [6.07, 6.45) is 89.2. The summed E-state index contributed by atoms with van der Waals surface area (Å²) in [5, 5.41) is 3.84. The number of hydrogen-bond acceptors (Lipinski definition) is 6. The fourth-order valence-electron chi connectivity index (χ4n) is 15.4. The van der Waals surface area contributed by atoms with Crippen molar-refractivity contribution in [3.05, 3.63) is 82.9 Å². The molecule has 0 bridgehead atoms. The zero-order chi connectivity index (χ0) is 71.9. The van der Waals surface area contributed by atoms with Crippen molar-refractivity contribution >= 4 is 90.7 Å². The van der Waals surface area contributed by atoms with Gasteiger partial charge in [0.05, 0.1) is 9.79 Å². The van der Waals surface area contributed by atoms with Crippen LogP contribution in [-0.4, -0.2) is 74.8 Å². The summed E-state index contributed by atoms with van der Waals surface area (Å²) >= 11 is 0. The van der Waals surface area contributed by atoms with Gasteiger partial charge in [-0.05, 0) is 119 Å². The number of unbranched alkanes of at least 4 members (excludes halogenated alkanes) is 60. The first kappa shape index (κ1) is 95.9.